The molecule has 0 aliphatic carbocycles. The van der Waals surface area contributed by atoms with Crippen LogP contribution in [0, 0.1) is 0 Å². The number of carbonyl (C=O) groups is 1. The fourth-order valence-corrected chi connectivity index (χ4v) is 3.64. The number of hydrazine groups is 1. The first kappa shape index (κ1) is 17.6. The van der Waals surface area contributed by atoms with E-state index in [1.54, 1.807) is 30.3 Å². The zero-order valence-electron chi connectivity index (χ0n) is 12.1. The van der Waals surface area contributed by atoms with Gasteiger partial charge in [0.15, 0.2) is 0 Å². The Hall–Kier alpha value is -1.74. The van der Waals surface area contributed by atoms with Crippen molar-refractivity contribution in [3.05, 3.63) is 64.6 Å². The number of carbonyl (C=O) groups excluding carboxylic acids is 1. The maximum Gasteiger partial charge on any atom is 0.249 e. The first-order chi connectivity index (χ1) is 10.9. The van der Waals surface area contributed by atoms with Crippen molar-refractivity contribution in [1.82, 2.24) is 9.73 Å². The van der Waals surface area contributed by atoms with Crippen molar-refractivity contribution in [2.45, 2.75) is 11.4 Å². The zero-order chi connectivity index (χ0) is 16.9. The number of hydrogen-bond acceptors (Lipinski definition) is 4. The molecule has 2 aromatic carbocycles. The Labute approximate surface area is 143 Å². The summed E-state index contributed by atoms with van der Waals surface area (Å²) in [4.78, 5) is 11.7. The van der Waals surface area contributed by atoms with E-state index in [1.165, 1.54) is 12.1 Å². The molecule has 0 aliphatic heterocycles. The van der Waals surface area contributed by atoms with Crippen molar-refractivity contribution in [2.24, 2.45) is 5.84 Å². The molecule has 2 aromatic rings. The third-order valence-electron chi connectivity index (χ3n) is 3.13. The van der Waals surface area contributed by atoms with Crippen LogP contribution in [-0.2, 0) is 21.4 Å². The molecule has 2 rings (SSSR count). The molecule has 23 heavy (non-hydrogen) atoms. The summed E-state index contributed by atoms with van der Waals surface area (Å²) in [6, 6.07) is 15.2. The molecule has 0 saturated carbocycles. The molecule has 1 amide bonds. The lowest BCUT2D eigenvalue weighted by Gasteiger charge is -2.21. The van der Waals surface area contributed by atoms with E-state index in [-0.39, 0.29) is 18.0 Å². The van der Waals surface area contributed by atoms with Crippen LogP contribution in [0.4, 0.5) is 0 Å². The van der Waals surface area contributed by atoms with E-state index in [0.717, 1.165) is 14.3 Å². The van der Waals surface area contributed by atoms with E-state index < -0.39 is 15.9 Å². The van der Waals surface area contributed by atoms with Gasteiger partial charge in [-0.05, 0) is 29.8 Å². The van der Waals surface area contributed by atoms with Crippen molar-refractivity contribution in [2.75, 3.05) is 6.54 Å². The second-order valence-corrected chi connectivity index (χ2v) is 7.63. The van der Waals surface area contributed by atoms with E-state index in [4.69, 9.17) is 5.84 Å². The largest absolute Gasteiger partial charge is 0.293 e. The molecule has 0 spiro atoms. The van der Waals surface area contributed by atoms with Gasteiger partial charge in [0.1, 0.15) is 0 Å². The van der Waals surface area contributed by atoms with Crippen molar-refractivity contribution < 1.29 is 13.2 Å². The van der Waals surface area contributed by atoms with E-state index in [2.05, 4.69) is 15.9 Å². The van der Waals surface area contributed by atoms with Gasteiger partial charge < -0.3 is 0 Å². The highest BCUT2D eigenvalue weighted by molar-refractivity contribution is 9.10. The lowest BCUT2D eigenvalue weighted by molar-refractivity contribution is -0.121. The van der Waals surface area contributed by atoms with Gasteiger partial charge in [0.05, 0.1) is 11.4 Å². The van der Waals surface area contributed by atoms with E-state index >= 15 is 0 Å². The quantitative estimate of drug-likeness (QED) is 0.440. The molecule has 122 valence electrons. The van der Waals surface area contributed by atoms with Gasteiger partial charge in [-0.25, -0.2) is 14.3 Å². The van der Waals surface area contributed by atoms with Gasteiger partial charge in [-0.15, -0.1) is 0 Å². The highest BCUT2D eigenvalue weighted by atomic mass is 79.9. The standard InChI is InChI=1S/C15H16BrN3O3S/c16-13-8-6-12(7-9-13)10-19(11-15(20)18-17)23(21,22)14-4-2-1-3-5-14/h1-9H,10-11,17H2,(H,18,20). The minimum Gasteiger partial charge on any atom is -0.293 e. The van der Waals surface area contributed by atoms with Crippen molar-refractivity contribution >= 4 is 31.9 Å². The summed E-state index contributed by atoms with van der Waals surface area (Å²) in [5.74, 6) is 4.51. The Balaban J connectivity index is 2.33. The topological polar surface area (TPSA) is 92.5 Å². The van der Waals surface area contributed by atoms with Gasteiger partial charge in [0.25, 0.3) is 0 Å². The lowest BCUT2D eigenvalue weighted by atomic mass is 10.2. The average Bonchev–Trinajstić information content (AvgIpc) is 2.56. The monoisotopic (exact) mass is 397 g/mol. The Morgan fingerprint density at radius 3 is 2.26 bits per heavy atom. The molecule has 0 fully saturated rings. The molecule has 0 heterocycles. The van der Waals surface area contributed by atoms with E-state index in [1.807, 2.05) is 17.6 Å². The minimum absolute atomic E-state index is 0.0674. The number of amides is 1. The second kappa shape index (κ2) is 7.69. The van der Waals surface area contributed by atoms with Crippen LogP contribution in [-0.4, -0.2) is 25.2 Å². The van der Waals surface area contributed by atoms with Crippen LogP contribution >= 0.6 is 15.9 Å². The van der Waals surface area contributed by atoms with Crippen molar-refractivity contribution in [1.29, 1.82) is 0 Å². The lowest BCUT2D eigenvalue weighted by Crippen LogP contribution is -2.42. The summed E-state index contributed by atoms with van der Waals surface area (Å²) >= 11 is 3.33. The number of hydrogen-bond donors (Lipinski definition) is 2. The number of rotatable bonds is 6. The van der Waals surface area contributed by atoms with Gasteiger partial charge in [-0.2, -0.15) is 4.31 Å². The zero-order valence-corrected chi connectivity index (χ0v) is 14.5. The first-order valence-electron chi connectivity index (χ1n) is 6.72. The van der Waals surface area contributed by atoms with Gasteiger partial charge in [-0.1, -0.05) is 46.3 Å². The fraction of sp³-hybridized carbons (Fsp3) is 0.133. The molecule has 0 unspecified atom stereocenters. The number of nitrogens with zero attached hydrogens (tertiary/aromatic N) is 1. The average molecular weight is 398 g/mol. The fourth-order valence-electron chi connectivity index (χ4n) is 1.97. The predicted molar refractivity (Wildman–Crippen MR) is 90.5 cm³/mol. The number of nitrogens with one attached hydrogen (secondary N) is 1. The van der Waals surface area contributed by atoms with Crippen LogP contribution in [0.5, 0.6) is 0 Å². The maximum atomic E-state index is 12.8. The molecule has 0 aliphatic rings. The molecular formula is C15H16BrN3O3S. The normalized spacial score (nSPS) is 11.4. The third kappa shape index (κ3) is 4.61. The SMILES string of the molecule is NNC(=O)CN(Cc1ccc(Br)cc1)S(=O)(=O)c1ccccc1. The number of benzene rings is 2. The Bertz CT molecular complexity index is 764. The van der Waals surface area contributed by atoms with Crippen LogP contribution in [0.15, 0.2) is 64.0 Å². The minimum atomic E-state index is -3.81. The molecule has 0 saturated heterocycles. The van der Waals surface area contributed by atoms with Crippen LogP contribution < -0.4 is 11.3 Å². The van der Waals surface area contributed by atoms with Crippen LogP contribution in [0.1, 0.15) is 5.56 Å². The molecular weight excluding hydrogens is 382 g/mol. The van der Waals surface area contributed by atoms with Crippen LogP contribution in [0.3, 0.4) is 0 Å². The second-order valence-electron chi connectivity index (χ2n) is 4.78. The number of nitrogens with two attached hydrogens (primary N) is 1. The molecule has 0 aromatic heterocycles. The molecule has 6 nitrogen and oxygen atoms in total. The summed E-state index contributed by atoms with van der Waals surface area (Å²) in [7, 11) is -3.81. The van der Waals surface area contributed by atoms with E-state index in [9.17, 15) is 13.2 Å². The van der Waals surface area contributed by atoms with Gasteiger partial charge in [-0.3, -0.25) is 10.2 Å². The van der Waals surface area contributed by atoms with Crippen LogP contribution in [0.2, 0.25) is 0 Å². The Kier molecular flexibility index (Phi) is 5.89. The first-order valence-corrected chi connectivity index (χ1v) is 8.96. The number of halogens is 1. The molecule has 8 heteroatoms. The third-order valence-corrected chi connectivity index (χ3v) is 5.47. The Morgan fingerprint density at radius 2 is 1.70 bits per heavy atom. The molecule has 3 N–H and O–H groups in total. The van der Waals surface area contributed by atoms with E-state index in [0.29, 0.717) is 0 Å². The molecule has 0 bridgehead atoms. The molecule has 0 radical (unpaired) electrons. The highest BCUT2D eigenvalue weighted by Crippen LogP contribution is 2.19. The van der Waals surface area contributed by atoms with Crippen molar-refractivity contribution in [3.8, 4) is 0 Å². The maximum absolute atomic E-state index is 12.8. The smallest absolute Gasteiger partial charge is 0.249 e. The number of sulfonamides is 1. The van der Waals surface area contributed by atoms with Gasteiger partial charge in [0, 0.05) is 11.0 Å². The molecule has 0 atom stereocenters. The van der Waals surface area contributed by atoms with Gasteiger partial charge in [0.2, 0.25) is 15.9 Å². The summed E-state index contributed by atoms with van der Waals surface area (Å²) in [5, 5.41) is 0. The van der Waals surface area contributed by atoms with Crippen molar-refractivity contribution in [3.63, 3.8) is 0 Å². The Morgan fingerprint density at radius 1 is 1.09 bits per heavy atom. The summed E-state index contributed by atoms with van der Waals surface area (Å²) in [6.45, 7) is -0.290. The highest BCUT2D eigenvalue weighted by Gasteiger charge is 2.26. The summed E-state index contributed by atoms with van der Waals surface area (Å²) in [6.07, 6.45) is 0. The predicted octanol–water partition coefficient (Wildman–Crippen LogP) is 1.63. The summed E-state index contributed by atoms with van der Waals surface area (Å²) < 4.78 is 27.5. The summed E-state index contributed by atoms with van der Waals surface area (Å²) in [5.41, 5.74) is 2.72. The van der Waals surface area contributed by atoms with Gasteiger partial charge >= 0.3 is 0 Å². The van der Waals surface area contributed by atoms with Crippen LogP contribution in [0.25, 0.3) is 0 Å².